The molecule has 2 aliphatic rings. The van der Waals surface area contributed by atoms with Crippen molar-refractivity contribution >= 4 is 5.91 Å². The van der Waals surface area contributed by atoms with Crippen molar-refractivity contribution in [2.45, 2.75) is 32.0 Å². The summed E-state index contributed by atoms with van der Waals surface area (Å²) < 4.78 is 18.7. The molecule has 102 valence electrons. The maximum atomic E-state index is 12.9. The molecule has 3 rings (SSSR count). The number of carbonyl (C=O) groups is 1. The van der Waals surface area contributed by atoms with E-state index < -0.39 is 0 Å². The number of hydrogen-bond acceptors (Lipinski definition) is 2. The van der Waals surface area contributed by atoms with E-state index in [1.54, 1.807) is 12.1 Å². The van der Waals surface area contributed by atoms with Gasteiger partial charge in [-0.25, -0.2) is 4.39 Å². The van der Waals surface area contributed by atoms with Crippen LogP contribution in [-0.4, -0.2) is 36.1 Å². The van der Waals surface area contributed by atoms with E-state index in [-0.39, 0.29) is 17.8 Å². The summed E-state index contributed by atoms with van der Waals surface area (Å²) in [4.78, 5) is 14.2. The van der Waals surface area contributed by atoms with E-state index in [2.05, 4.69) is 6.92 Å². The van der Waals surface area contributed by atoms with Crippen LogP contribution in [0.3, 0.4) is 0 Å². The van der Waals surface area contributed by atoms with Crippen molar-refractivity contribution < 1.29 is 13.9 Å². The third-order valence-electron chi connectivity index (χ3n) is 4.12. The highest BCUT2D eigenvalue weighted by Gasteiger charge is 2.38. The van der Waals surface area contributed by atoms with E-state index in [1.807, 2.05) is 4.90 Å². The van der Waals surface area contributed by atoms with Gasteiger partial charge in [-0.3, -0.25) is 4.79 Å². The van der Waals surface area contributed by atoms with Crippen molar-refractivity contribution in [1.29, 1.82) is 0 Å². The summed E-state index contributed by atoms with van der Waals surface area (Å²) in [5.41, 5.74) is 0.547. The van der Waals surface area contributed by atoms with Gasteiger partial charge >= 0.3 is 0 Å². The van der Waals surface area contributed by atoms with Crippen LogP contribution in [0.5, 0.6) is 0 Å². The first kappa shape index (κ1) is 12.6. The predicted molar refractivity (Wildman–Crippen MR) is 69.4 cm³/mol. The third kappa shape index (κ3) is 2.50. The molecule has 0 saturated carbocycles. The average Bonchev–Trinajstić information content (AvgIpc) is 2.77. The minimum absolute atomic E-state index is 0.0263. The summed E-state index contributed by atoms with van der Waals surface area (Å²) >= 11 is 0. The van der Waals surface area contributed by atoms with Gasteiger partial charge < -0.3 is 9.64 Å². The molecule has 0 aromatic heterocycles. The number of rotatable bonds is 1. The van der Waals surface area contributed by atoms with Gasteiger partial charge in [0.15, 0.2) is 0 Å². The second-order valence-electron chi connectivity index (χ2n) is 5.53. The smallest absolute Gasteiger partial charge is 0.253 e. The van der Waals surface area contributed by atoms with Gasteiger partial charge in [-0.1, -0.05) is 0 Å². The van der Waals surface area contributed by atoms with Crippen molar-refractivity contribution in [1.82, 2.24) is 4.90 Å². The van der Waals surface area contributed by atoms with E-state index in [0.717, 1.165) is 19.4 Å². The number of fused-ring (bicyclic) bond motifs is 1. The number of benzene rings is 1. The van der Waals surface area contributed by atoms with Gasteiger partial charge in [0.05, 0.1) is 12.2 Å². The van der Waals surface area contributed by atoms with Crippen LogP contribution in [-0.2, 0) is 4.74 Å². The summed E-state index contributed by atoms with van der Waals surface area (Å²) in [6.07, 6.45) is 2.58. The van der Waals surface area contributed by atoms with Crippen molar-refractivity contribution in [3.05, 3.63) is 35.6 Å². The quantitative estimate of drug-likeness (QED) is 0.779. The van der Waals surface area contributed by atoms with Crippen LogP contribution in [0.1, 0.15) is 30.1 Å². The number of nitrogens with zero attached hydrogens (tertiary/aromatic N) is 1. The molecule has 2 aliphatic heterocycles. The molecule has 0 N–H and O–H groups in total. The number of ether oxygens (including phenoxy) is 1. The van der Waals surface area contributed by atoms with Gasteiger partial charge in [0.2, 0.25) is 0 Å². The molecule has 0 aliphatic carbocycles. The van der Waals surface area contributed by atoms with E-state index in [0.29, 0.717) is 24.1 Å². The predicted octanol–water partition coefficient (Wildman–Crippen LogP) is 2.47. The lowest BCUT2D eigenvalue weighted by Crippen LogP contribution is -2.45. The summed E-state index contributed by atoms with van der Waals surface area (Å²) in [5.74, 6) is 0.247. The van der Waals surface area contributed by atoms with Gasteiger partial charge in [-0.2, -0.15) is 0 Å². The largest absolute Gasteiger partial charge is 0.373 e. The van der Waals surface area contributed by atoms with Crippen LogP contribution in [0.2, 0.25) is 0 Å². The number of piperidine rings is 1. The average molecular weight is 263 g/mol. The molecule has 2 saturated heterocycles. The van der Waals surface area contributed by atoms with E-state index in [9.17, 15) is 9.18 Å². The van der Waals surface area contributed by atoms with Crippen molar-refractivity contribution in [3.63, 3.8) is 0 Å². The fourth-order valence-corrected chi connectivity index (χ4v) is 3.13. The molecule has 19 heavy (non-hydrogen) atoms. The minimum atomic E-state index is -0.316. The van der Waals surface area contributed by atoms with E-state index in [1.165, 1.54) is 12.1 Å². The lowest BCUT2D eigenvalue weighted by molar-refractivity contribution is 0.00156. The van der Waals surface area contributed by atoms with Crippen LogP contribution in [0.4, 0.5) is 4.39 Å². The number of amides is 1. The Morgan fingerprint density at radius 2 is 2.11 bits per heavy atom. The van der Waals surface area contributed by atoms with Crippen LogP contribution >= 0.6 is 0 Å². The van der Waals surface area contributed by atoms with Crippen molar-refractivity contribution in [2.75, 3.05) is 13.1 Å². The number of likely N-dealkylation sites (tertiary alicyclic amines) is 1. The molecule has 2 fully saturated rings. The molecule has 3 atom stereocenters. The first-order chi connectivity index (χ1) is 9.13. The zero-order valence-corrected chi connectivity index (χ0v) is 11.0. The molecule has 4 heteroatoms. The Bertz CT molecular complexity index is 474. The van der Waals surface area contributed by atoms with Gasteiger partial charge in [0.25, 0.3) is 5.91 Å². The standard InChI is InChI=1S/C15H18FNO2/c1-10-8-12-6-7-17(9-14(12)19-10)15(18)11-2-4-13(16)5-3-11/h2-5,10,12,14H,6-9H2,1H3/t10-,12+,14-/m1/s1. The molecule has 3 nitrogen and oxygen atoms in total. The molecular weight excluding hydrogens is 245 g/mol. The normalized spacial score (nSPS) is 30.2. The Balaban J connectivity index is 1.70. The molecule has 0 bridgehead atoms. The monoisotopic (exact) mass is 263 g/mol. The Morgan fingerprint density at radius 1 is 1.37 bits per heavy atom. The lowest BCUT2D eigenvalue weighted by Gasteiger charge is -2.34. The van der Waals surface area contributed by atoms with E-state index >= 15 is 0 Å². The van der Waals surface area contributed by atoms with Crippen LogP contribution in [0, 0.1) is 11.7 Å². The highest BCUT2D eigenvalue weighted by atomic mass is 19.1. The topological polar surface area (TPSA) is 29.5 Å². The maximum absolute atomic E-state index is 12.9. The van der Waals surface area contributed by atoms with E-state index in [4.69, 9.17) is 4.74 Å². The number of halogens is 1. The molecule has 1 aromatic rings. The Kier molecular flexibility index (Phi) is 3.27. The number of hydrogen-bond donors (Lipinski definition) is 0. The summed E-state index contributed by atoms with van der Waals surface area (Å²) in [6, 6.07) is 5.74. The molecule has 0 radical (unpaired) electrons. The molecule has 0 unspecified atom stereocenters. The Morgan fingerprint density at radius 3 is 2.84 bits per heavy atom. The number of carbonyl (C=O) groups excluding carboxylic acids is 1. The fraction of sp³-hybridized carbons (Fsp3) is 0.533. The molecule has 1 amide bonds. The van der Waals surface area contributed by atoms with Gasteiger partial charge in [-0.05, 0) is 49.9 Å². The fourth-order valence-electron chi connectivity index (χ4n) is 3.13. The Labute approximate surface area is 112 Å². The first-order valence-corrected chi connectivity index (χ1v) is 6.84. The molecule has 1 aromatic carbocycles. The summed E-state index contributed by atoms with van der Waals surface area (Å²) in [5, 5.41) is 0. The van der Waals surface area contributed by atoms with Gasteiger partial charge in [0.1, 0.15) is 5.82 Å². The van der Waals surface area contributed by atoms with Crippen LogP contribution in [0.25, 0.3) is 0 Å². The zero-order chi connectivity index (χ0) is 13.4. The SMILES string of the molecule is C[C@@H]1C[C@@H]2CCN(C(=O)c3ccc(F)cc3)C[C@H]2O1. The Hall–Kier alpha value is -1.42. The van der Waals surface area contributed by atoms with Gasteiger partial charge in [0, 0.05) is 18.7 Å². The summed E-state index contributed by atoms with van der Waals surface area (Å²) in [6.45, 7) is 3.52. The highest BCUT2D eigenvalue weighted by molar-refractivity contribution is 5.94. The molecule has 0 spiro atoms. The minimum Gasteiger partial charge on any atom is -0.373 e. The highest BCUT2D eigenvalue weighted by Crippen LogP contribution is 2.33. The lowest BCUT2D eigenvalue weighted by atomic mass is 9.92. The molecular formula is C15H18FNO2. The zero-order valence-electron chi connectivity index (χ0n) is 11.0. The second-order valence-corrected chi connectivity index (χ2v) is 5.53. The van der Waals surface area contributed by atoms with Gasteiger partial charge in [-0.15, -0.1) is 0 Å². The van der Waals surface area contributed by atoms with Crippen LogP contribution in [0.15, 0.2) is 24.3 Å². The van der Waals surface area contributed by atoms with Crippen LogP contribution < -0.4 is 0 Å². The molecule has 2 heterocycles. The van der Waals surface area contributed by atoms with Crippen molar-refractivity contribution in [2.24, 2.45) is 5.92 Å². The third-order valence-corrected chi connectivity index (χ3v) is 4.12. The summed E-state index contributed by atoms with van der Waals surface area (Å²) in [7, 11) is 0. The first-order valence-electron chi connectivity index (χ1n) is 6.84. The second kappa shape index (κ2) is 4.93. The van der Waals surface area contributed by atoms with Crippen molar-refractivity contribution in [3.8, 4) is 0 Å². The maximum Gasteiger partial charge on any atom is 0.253 e.